The van der Waals surface area contributed by atoms with E-state index in [-0.39, 0.29) is 12.1 Å². The Labute approximate surface area is 206 Å². The molecule has 1 N–H and O–H groups in total. The van der Waals surface area contributed by atoms with Crippen molar-refractivity contribution in [2.75, 3.05) is 12.0 Å². The van der Waals surface area contributed by atoms with Crippen LogP contribution in [-0.4, -0.2) is 21.8 Å². The summed E-state index contributed by atoms with van der Waals surface area (Å²) in [5, 5.41) is 4.24. The van der Waals surface area contributed by atoms with Crippen molar-refractivity contribution in [1.29, 1.82) is 0 Å². The first-order valence-electron chi connectivity index (χ1n) is 11.4. The van der Waals surface area contributed by atoms with Crippen molar-refractivity contribution in [2.45, 2.75) is 32.9 Å². The van der Waals surface area contributed by atoms with Crippen molar-refractivity contribution in [2.24, 2.45) is 0 Å². The van der Waals surface area contributed by atoms with Crippen LogP contribution in [0.5, 0.6) is 5.75 Å². The maximum atomic E-state index is 5.88. The van der Waals surface area contributed by atoms with E-state index < -0.39 is 0 Å². The second-order valence-electron chi connectivity index (χ2n) is 8.64. The van der Waals surface area contributed by atoms with Crippen LogP contribution in [0.15, 0.2) is 79.0 Å². The average molecular weight is 469 g/mol. The summed E-state index contributed by atoms with van der Waals surface area (Å²) in [7, 11) is 1.68. The molecule has 6 heteroatoms. The molecule has 5 rings (SSSR count). The van der Waals surface area contributed by atoms with Crippen LogP contribution in [0.3, 0.4) is 0 Å². The number of thiocarbonyl (C=S) groups is 1. The summed E-state index contributed by atoms with van der Waals surface area (Å²) in [5.74, 6) is 0.817. The summed E-state index contributed by atoms with van der Waals surface area (Å²) in [6.45, 7) is 6.51. The Kier molecular flexibility index (Phi) is 5.84. The van der Waals surface area contributed by atoms with Gasteiger partial charge in [-0.05, 0) is 92.6 Å². The number of ether oxygens (including phenoxy) is 1. The van der Waals surface area contributed by atoms with Gasteiger partial charge in [-0.1, -0.05) is 24.3 Å². The van der Waals surface area contributed by atoms with E-state index >= 15 is 0 Å². The van der Waals surface area contributed by atoms with E-state index in [0.29, 0.717) is 5.11 Å². The molecule has 0 saturated carbocycles. The molecule has 1 aliphatic heterocycles. The smallest absolute Gasteiger partial charge is 0.174 e. The van der Waals surface area contributed by atoms with E-state index in [1.165, 1.54) is 28.2 Å². The molecule has 3 heterocycles. The van der Waals surface area contributed by atoms with Gasteiger partial charge in [0.25, 0.3) is 0 Å². The van der Waals surface area contributed by atoms with Gasteiger partial charge in [0.15, 0.2) is 5.11 Å². The largest absolute Gasteiger partial charge is 0.497 e. The standard InChI is InChI=1S/C28H28N4OS/c1-18-9-5-6-11-25(18)31-19(2)17-23(20(31)3)27-26(24-10-7-8-16-29-24)30-28(34)32(27)21-12-14-22(33-4)15-13-21/h5-17,26-27H,1-4H3,(H,30,34)/t26-,27+/m1/s1. The predicted octanol–water partition coefficient (Wildman–Crippen LogP) is 5.98. The van der Waals surface area contributed by atoms with E-state index in [2.05, 4.69) is 89.1 Å². The Bertz CT molecular complexity index is 1330. The molecule has 0 radical (unpaired) electrons. The summed E-state index contributed by atoms with van der Waals surface area (Å²) in [6.07, 6.45) is 1.84. The topological polar surface area (TPSA) is 42.3 Å². The lowest BCUT2D eigenvalue weighted by molar-refractivity contribution is 0.415. The average Bonchev–Trinajstić information content (AvgIpc) is 3.35. The van der Waals surface area contributed by atoms with Gasteiger partial charge in [0, 0.05) is 29.0 Å². The minimum atomic E-state index is -0.0818. The number of methoxy groups -OCH3 is 1. The van der Waals surface area contributed by atoms with Crippen molar-refractivity contribution in [3.63, 3.8) is 0 Å². The van der Waals surface area contributed by atoms with E-state index in [0.717, 1.165) is 17.1 Å². The van der Waals surface area contributed by atoms with E-state index in [9.17, 15) is 0 Å². The predicted molar refractivity (Wildman–Crippen MR) is 141 cm³/mol. The maximum Gasteiger partial charge on any atom is 0.174 e. The molecule has 1 fully saturated rings. The van der Waals surface area contributed by atoms with Crippen molar-refractivity contribution < 1.29 is 4.74 Å². The molecule has 0 spiro atoms. The second-order valence-corrected chi connectivity index (χ2v) is 9.03. The number of aryl methyl sites for hydroxylation is 2. The molecule has 0 unspecified atom stereocenters. The third-order valence-corrected chi connectivity index (χ3v) is 6.91. The van der Waals surface area contributed by atoms with E-state index in [1.807, 2.05) is 30.5 Å². The van der Waals surface area contributed by atoms with Crippen molar-refractivity contribution in [1.82, 2.24) is 14.9 Å². The van der Waals surface area contributed by atoms with Gasteiger partial charge >= 0.3 is 0 Å². The molecule has 0 aliphatic carbocycles. The monoisotopic (exact) mass is 468 g/mol. The first kappa shape index (κ1) is 22.2. The van der Waals surface area contributed by atoms with Crippen molar-refractivity contribution in [3.8, 4) is 11.4 Å². The third kappa shape index (κ3) is 3.74. The Morgan fingerprint density at radius 3 is 2.35 bits per heavy atom. The highest BCUT2D eigenvalue weighted by Crippen LogP contribution is 2.44. The molecule has 4 aromatic rings. The van der Waals surface area contributed by atoms with E-state index in [1.54, 1.807) is 7.11 Å². The van der Waals surface area contributed by atoms with Gasteiger partial charge in [-0.25, -0.2) is 0 Å². The molecule has 1 aliphatic rings. The van der Waals surface area contributed by atoms with Gasteiger partial charge in [0.05, 0.1) is 24.9 Å². The lowest BCUT2D eigenvalue weighted by Crippen LogP contribution is -2.29. The minimum Gasteiger partial charge on any atom is -0.497 e. The number of hydrogen-bond acceptors (Lipinski definition) is 3. The highest BCUT2D eigenvalue weighted by Gasteiger charge is 2.42. The fraction of sp³-hybridized carbons (Fsp3) is 0.214. The summed E-state index contributed by atoms with van der Waals surface area (Å²) in [6, 6.07) is 24.7. The first-order chi connectivity index (χ1) is 16.5. The van der Waals surface area contributed by atoms with Crippen LogP contribution in [0.25, 0.3) is 5.69 Å². The SMILES string of the molecule is COc1ccc(N2C(=S)N[C@H](c3ccccn3)[C@@H]2c2cc(C)n(-c3ccccc3C)c2C)cc1. The molecule has 2 atom stereocenters. The highest BCUT2D eigenvalue weighted by atomic mass is 32.1. The molecule has 0 bridgehead atoms. The normalized spacial score (nSPS) is 17.6. The van der Waals surface area contributed by atoms with Crippen LogP contribution in [0.4, 0.5) is 5.69 Å². The lowest BCUT2D eigenvalue weighted by atomic mass is 9.96. The molecule has 34 heavy (non-hydrogen) atoms. The molecule has 2 aromatic heterocycles. The van der Waals surface area contributed by atoms with Gasteiger partial charge in [-0.15, -0.1) is 0 Å². The number of anilines is 1. The lowest BCUT2D eigenvalue weighted by Gasteiger charge is -2.28. The number of nitrogens with zero attached hydrogens (tertiary/aromatic N) is 3. The van der Waals surface area contributed by atoms with Gasteiger partial charge < -0.3 is 19.5 Å². The van der Waals surface area contributed by atoms with Crippen LogP contribution >= 0.6 is 12.2 Å². The number of rotatable bonds is 5. The molecule has 2 aromatic carbocycles. The fourth-order valence-electron chi connectivity index (χ4n) is 4.96. The number of nitrogens with one attached hydrogen (secondary N) is 1. The van der Waals surface area contributed by atoms with E-state index in [4.69, 9.17) is 17.0 Å². The zero-order chi connectivity index (χ0) is 23.8. The van der Waals surface area contributed by atoms with Crippen LogP contribution in [0.2, 0.25) is 0 Å². The van der Waals surface area contributed by atoms with Gasteiger partial charge in [-0.3, -0.25) is 4.98 Å². The fourth-order valence-corrected chi connectivity index (χ4v) is 5.31. The van der Waals surface area contributed by atoms with Gasteiger partial charge in [0.1, 0.15) is 5.75 Å². The van der Waals surface area contributed by atoms with Crippen molar-refractivity contribution >= 4 is 23.0 Å². The number of hydrogen-bond donors (Lipinski definition) is 1. The quantitative estimate of drug-likeness (QED) is 0.365. The van der Waals surface area contributed by atoms with Crippen LogP contribution < -0.4 is 15.0 Å². The summed E-state index contributed by atoms with van der Waals surface area (Å²) in [4.78, 5) is 6.89. The zero-order valence-electron chi connectivity index (χ0n) is 19.8. The Balaban J connectivity index is 1.68. The van der Waals surface area contributed by atoms with Crippen LogP contribution in [0.1, 0.15) is 40.3 Å². The molecule has 5 nitrogen and oxygen atoms in total. The molecule has 1 saturated heterocycles. The number of para-hydroxylation sites is 1. The number of pyridine rings is 1. The molecule has 0 amide bonds. The second kappa shape index (κ2) is 8.95. The van der Waals surface area contributed by atoms with Crippen LogP contribution in [0, 0.1) is 20.8 Å². The molecule has 172 valence electrons. The summed E-state index contributed by atoms with van der Waals surface area (Å²) < 4.78 is 7.72. The highest BCUT2D eigenvalue weighted by molar-refractivity contribution is 7.80. The summed E-state index contributed by atoms with van der Waals surface area (Å²) in [5.41, 5.74) is 8.03. The number of aromatic nitrogens is 2. The van der Waals surface area contributed by atoms with Gasteiger partial charge in [-0.2, -0.15) is 0 Å². The van der Waals surface area contributed by atoms with Gasteiger partial charge in [0.2, 0.25) is 0 Å². The molecular formula is C28H28N4OS. The summed E-state index contributed by atoms with van der Waals surface area (Å²) >= 11 is 5.88. The Morgan fingerprint density at radius 2 is 1.68 bits per heavy atom. The Morgan fingerprint density at radius 1 is 0.941 bits per heavy atom. The maximum absolute atomic E-state index is 5.88. The third-order valence-electron chi connectivity index (χ3n) is 6.59. The number of benzene rings is 2. The van der Waals surface area contributed by atoms with Crippen LogP contribution in [-0.2, 0) is 0 Å². The molecular weight excluding hydrogens is 440 g/mol. The first-order valence-corrected chi connectivity index (χ1v) is 11.8. The Hall–Kier alpha value is -3.64. The zero-order valence-corrected chi connectivity index (χ0v) is 20.6. The minimum absolute atomic E-state index is 0.0558. The van der Waals surface area contributed by atoms with Crippen molar-refractivity contribution in [3.05, 3.63) is 107 Å².